The summed E-state index contributed by atoms with van der Waals surface area (Å²) in [4.78, 5) is 10.8. The van der Waals surface area contributed by atoms with Crippen LogP contribution in [-0.2, 0) is 10.1 Å². The number of esters is 1. The lowest BCUT2D eigenvalue weighted by molar-refractivity contribution is 0.0563. The van der Waals surface area contributed by atoms with Crippen LogP contribution in [0.3, 0.4) is 0 Å². The first kappa shape index (κ1) is 8.33. The summed E-state index contributed by atoms with van der Waals surface area (Å²) in [7, 11) is 1.32. The molecule has 4 heteroatoms. The third-order valence-electron chi connectivity index (χ3n) is 1.18. The second-order valence-corrected chi connectivity index (χ2v) is 2.45. The van der Waals surface area contributed by atoms with Gasteiger partial charge in [-0.25, -0.2) is 4.79 Å². The summed E-state index contributed by atoms with van der Waals surface area (Å²) in [5.41, 5.74) is 0. The molecule has 0 radical (unpaired) electrons. The Bertz CT molecular complexity index is 254. The summed E-state index contributed by atoms with van der Waals surface area (Å²) in [5, 5.41) is 0.601. The number of carbonyl (C=O) groups excluding carboxylic acids is 1. The smallest absolute Gasteiger partial charge is 0.373 e. The van der Waals surface area contributed by atoms with E-state index in [0.717, 1.165) is 0 Å². The van der Waals surface area contributed by atoms with Gasteiger partial charge in [-0.15, -0.1) is 0 Å². The summed E-state index contributed by atoms with van der Waals surface area (Å²) in [6, 6.07) is 3.31. The van der Waals surface area contributed by atoms with E-state index in [1.165, 1.54) is 7.11 Å². The normalized spacial score (nSPS) is 9.64. The lowest BCUT2D eigenvalue weighted by atomic mass is 10.4. The number of carbonyl (C=O) groups is 1. The minimum Gasteiger partial charge on any atom is -0.463 e. The van der Waals surface area contributed by atoms with Crippen LogP contribution >= 0.6 is 15.9 Å². The molecule has 0 fully saturated rings. The highest BCUT2D eigenvalue weighted by Gasteiger charge is 2.09. The fourth-order valence-corrected chi connectivity index (χ4v) is 0.961. The molecule has 0 atom stereocenters. The molecule has 0 aliphatic rings. The van der Waals surface area contributed by atoms with Crippen LogP contribution in [0.5, 0.6) is 0 Å². The number of halogens is 1. The van der Waals surface area contributed by atoms with Gasteiger partial charge < -0.3 is 9.15 Å². The van der Waals surface area contributed by atoms with Crippen molar-refractivity contribution in [2.45, 2.75) is 5.33 Å². The predicted octanol–water partition coefficient (Wildman–Crippen LogP) is 1.96. The molecule has 0 N–H and O–H groups in total. The lowest BCUT2D eigenvalue weighted by Gasteiger charge is -1.91. The average molecular weight is 219 g/mol. The van der Waals surface area contributed by atoms with Crippen molar-refractivity contribution in [3.05, 3.63) is 23.7 Å². The van der Waals surface area contributed by atoms with Crippen molar-refractivity contribution in [2.75, 3.05) is 7.11 Å². The zero-order valence-electron chi connectivity index (χ0n) is 5.96. The van der Waals surface area contributed by atoms with E-state index in [-0.39, 0.29) is 5.76 Å². The summed E-state index contributed by atoms with van der Waals surface area (Å²) < 4.78 is 9.51. The maximum absolute atomic E-state index is 10.8. The highest BCUT2D eigenvalue weighted by molar-refractivity contribution is 9.08. The van der Waals surface area contributed by atoms with E-state index in [9.17, 15) is 4.79 Å². The van der Waals surface area contributed by atoms with Crippen LogP contribution in [0.15, 0.2) is 16.5 Å². The second kappa shape index (κ2) is 3.57. The fourth-order valence-electron chi connectivity index (χ4n) is 0.660. The van der Waals surface area contributed by atoms with Gasteiger partial charge in [0.1, 0.15) is 5.76 Å². The van der Waals surface area contributed by atoms with E-state index in [4.69, 9.17) is 4.42 Å². The van der Waals surface area contributed by atoms with E-state index < -0.39 is 5.97 Å². The van der Waals surface area contributed by atoms with Gasteiger partial charge in [-0.1, -0.05) is 15.9 Å². The lowest BCUT2D eigenvalue weighted by Crippen LogP contribution is -1.98. The highest BCUT2D eigenvalue weighted by atomic mass is 79.9. The number of alkyl halides is 1. The molecule has 0 unspecified atom stereocenters. The van der Waals surface area contributed by atoms with Crippen molar-refractivity contribution in [2.24, 2.45) is 0 Å². The van der Waals surface area contributed by atoms with E-state index >= 15 is 0 Å². The molecule has 60 valence electrons. The van der Waals surface area contributed by atoms with Crippen LogP contribution in [0.4, 0.5) is 0 Å². The van der Waals surface area contributed by atoms with Crippen molar-refractivity contribution in [1.82, 2.24) is 0 Å². The molecule has 1 heterocycles. The second-order valence-electron chi connectivity index (χ2n) is 1.89. The molecule has 0 amide bonds. The molecule has 0 bridgehead atoms. The SMILES string of the molecule is COC(=O)c1ccc(CBr)o1. The van der Waals surface area contributed by atoms with E-state index in [1.807, 2.05) is 0 Å². The zero-order valence-corrected chi connectivity index (χ0v) is 7.55. The Kier molecular flexibility index (Phi) is 2.70. The molecule has 1 rings (SSSR count). The summed E-state index contributed by atoms with van der Waals surface area (Å²) in [5.74, 6) is 0.504. The van der Waals surface area contributed by atoms with Crippen molar-refractivity contribution >= 4 is 21.9 Å². The molecule has 11 heavy (non-hydrogen) atoms. The molecule has 0 saturated carbocycles. The van der Waals surface area contributed by atoms with Crippen LogP contribution in [0, 0.1) is 0 Å². The Labute approximate surface area is 72.5 Å². The maximum Gasteiger partial charge on any atom is 0.373 e. The molecule has 0 saturated heterocycles. The quantitative estimate of drug-likeness (QED) is 0.563. The summed E-state index contributed by atoms with van der Waals surface area (Å²) >= 11 is 3.20. The molecule has 3 nitrogen and oxygen atoms in total. The Morgan fingerprint density at radius 1 is 1.73 bits per heavy atom. The Hall–Kier alpha value is -0.770. The largest absolute Gasteiger partial charge is 0.463 e. The van der Waals surface area contributed by atoms with Crippen molar-refractivity contribution in [3.63, 3.8) is 0 Å². The number of hydrogen-bond acceptors (Lipinski definition) is 3. The first-order valence-electron chi connectivity index (χ1n) is 3.01. The maximum atomic E-state index is 10.8. The van der Waals surface area contributed by atoms with Crippen LogP contribution < -0.4 is 0 Å². The van der Waals surface area contributed by atoms with Crippen molar-refractivity contribution in [1.29, 1.82) is 0 Å². The van der Waals surface area contributed by atoms with Gasteiger partial charge in [0.25, 0.3) is 0 Å². The third kappa shape index (κ3) is 1.83. The van der Waals surface area contributed by atoms with Gasteiger partial charge in [-0.05, 0) is 12.1 Å². The van der Waals surface area contributed by atoms with Gasteiger partial charge in [-0.2, -0.15) is 0 Å². The van der Waals surface area contributed by atoms with E-state index in [2.05, 4.69) is 20.7 Å². The van der Waals surface area contributed by atoms with Gasteiger partial charge in [0, 0.05) is 0 Å². The monoisotopic (exact) mass is 218 g/mol. The minimum absolute atomic E-state index is 0.238. The number of furan rings is 1. The molecule has 0 spiro atoms. The number of rotatable bonds is 2. The topological polar surface area (TPSA) is 39.4 Å². The number of ether oxygens (including phenoxy) is 1. The molecule has 1 aromatic heterocycles. The van der Waals surface area contributed by atoms with Crippen LogP contribution in [0.2, 0.25) is 0 Å². The molecule has 0 aliphatic heterocycles. The number of methoxy groups -OCH3 is 1. The van der Waals surface area contributed by atoms with Gasteiger partial charge >= 0.3 is 5.97 Å². The molecule has 0 aromatic carbocycles. The average Bonchev–Trinajstić information content (AvgIpc) is 2.50. The van der Waals surface area contributed by atoms with Crippen molar-refractivity contribution in [3.8, 4) is 0 Å². The van der Waals surface area contributed by atoms with Crippen LogP contribution in [-0.4, -0.2) is 13.1 Å². The van der Waals surface area contributed by atoms with Gasteiger partial charge in [0.15, 0.2) is 0 Å². The zero-order chi connectivity index (χ0) is 8.27. The molecular weight excluding hydrogens is 212 g/mol. The predicted molar refractivity (Wildman–Crippen MR) is 42.7 cm³/mol. The molecule has 1 aromatic rings. The minimum atomic E-state index is -0.447. The Morgan fingerprint density at radius 2 is 2.45 bits per heavy atom. The van der Waals surface area contributed by atoms with Crippen LogP contribution in [0.25, 0.3) is 0 Å². The molecular formula is C7H7BrO3. The molecule has 0 aliphatic carbocycles. The van der Waals surface area contributed by atoms with E-state index in [1.54, 1.807) is 12.1 Å². The first-order valence-corrected chi connectivity index (χ1v) is 4.13. The third-order valence-corrected chi connectivity index (χ3v) is 1.73. The standard InChI is InChI=1S/C7H7BrO3/c1-10-7(9)6-3-2-5(4-8)11-6/h2-3H,4H2,1H3. The van der Waals surface area contributed by atoms with Gasteiger partial charge in [0.05, 0.1) is 12.4 Å². The Balaban J connectivity index is 2.80. The van der Waals surface area contributed by atoms with Gasteiger partial charge in [0.2, 0.25) is 5.76 Å². The first-order chi connectivity index (χ1) is 5.27. The Morgan fingerprint density at radius 3 is 2.91 bits per heavy atom. The summed E-state index contributed by atoms with van der Waals surface area (Å²) in [6.07, 6.45) is 0. The number of hydrogen-bond donors (Lipinski definition) is 0. The van der Waals surface area contributed by atoms with Gasteiger partial charge in [-0.3, -0.25) is 0 Å². The van der Waals surface area contributed by atoms with Crippen LogP contribution in [0.1, 0.15) is 16.3 Å². The fraction of sp³-hybridized carbons (Fsp3) is 0.286. The van der Waals surface area contributed by atoms with Crippen molar-refractivity contribution < 1.29 is 13.9 Å². The summed E-state index contributed by atoms with van der Waals surface area (Å²) in [6.45, 7) is 0. The highest BCUT2D eigenvalue weighted by Crippen LogP contribution is 2.11. The van der Waals surface area contributed by atoms with E-state index in [0.29, 0.717) is 11.1 Å².